The Kier molecular flexibility index (Phi) is 7.95. The number of halogens is 1. The van der Waals surface area contributed by atoms with Gasteiger partial charge in [0.2, 0.25) is 11.8 Å². The Morgan fingerprint density at radius 1 is 1.07 bits per heavy atom. The monoisotopic (exact) mass is 545 g/mol. The molecule has 0 saturated heterocycles. The van der Waals surface area contributed by atoms with E-state index >= 15 is 0 Å². The molecule has 4 aromatic rings. The number of nitrogens with one attached hydrogen (secondary N) is 1. The first-order chi connectivity index (χ1) is 19.4. The highest BCUT2D eigenvalue weighted by Gasteiger charge is 2.37. The number of rotatable bonds is 9. The van der Waals surface area contributed by atoms with Gasteiger partial charge in [0.25, 0.3) is 0 Å². The van der Waals surface area contributed by atoms with Crippen molar-refractivity contribution in [2.45, 2.75) is 51.2 Å². The molecule has 208 valence electrons. The second kappa shape index (κ2) is 11.7. The number of nitrogens with zero attached hydrogens (tertiary/aromatic N) is 4. The number of hydrogen-bond donors (Lipinski definition) is 1. The van der Waals surface area contributed by atoms with Crippen molar-refractivity contribution >= 4 is 28.5 Å². The third-order valence-corrected chi connectivity index (χ3v) is 7.34. The second-order valence-corrected chi connectivity index (χ2v) is 9.91. The number of methoxy groups -OCH3 is 2. The van der Waals surface area contributed by atoms with E-state index in [0.717, 1.165) is 25.7 Å². The molecular formula is C30H32FN5O4. The van der Waals surface area contributed by atoms with E-state index in [9.17, 15) is 14.0 Å². The van der Waals surface area contributed by atoms with Crippen molar-refractivity contribution in [1.29, 1.82) is 0 Å². The van der Waals surface area contributed by atoms with Gasteiger partial charge < -0.3 is 14.8 Å². The molecular weight excluding hydrogens is 513 g/mol. The van der Waals surface area contributed by atoms with Gasteiger partial charge in [-0.05, 0) is 55.7 Å². The predicted molar refractivity (Wildman–Crippen MR) is 149 cm³/mol. The molecule has 1 N–H and O–H groups in total. The number of aryl methyl sites for hydroxylation is 1. The number of amides is 2. The zero-order chi connectivity index (χ0) is 28.2. The average molecular weight is 546 g/mol. The van der Waals surface area contributed by atoms with Gasteiger partial charge in [-0.1, -0.05) is 48.4 Å². The maximum absolute atomic E-state index is 14.9. The summed E-state index contributed by atoms with van der Waals surface area (Å²) >= 11 is 0. The van der Waals surface area contributed by atoms with Crippen molar-refractivity contribution in [2.24, 2.45) is 0 Å². The highest BCUT2D eigenvalue weighted by Crippen LogP contribution is 2.39. The van der Waals surface area contributed by atoms with E-state index in [-0.39, 0.29) is 18.3 Å². The Morgan fingerprint density at radius 2 is 1.85 bits per heavy atom. The van der Waals surface area contributed by atoms with Crippen LogP contribution in [0.4, 0.5) is 10.1 Å². The quantitative estimate of drug-likeness (QED) is 0.327. The van der Waals surface area contributed by atoms with Crippen molar-refractivity contribution < 1.29 is 23.5 Å². The van der Waals surface area contributed by atoms with Crippen LogP contribution in [0, 0.1) is 12.7 Å². The smallest absolute Gasteiger partial charge is 0.249 e. The molecule has 1 saturated carbocycles. The number of carbonyl (C=O) groups excluding carboxylic acids is 2. The molecule has 0 unspecified atom stereocenters. The minimum Gasteiger partial charge on any atom is -0.493 e. The Morgan fingerprint density at radius 3 is 2.58 bits per heavy atom. The predicted octanol–water partition coefficient (Wildman–Crippen LogP) is 4.73. The molecule has 40 heavy (non-hydrogen) atoms. The third-order valence-electron chi connectivity index (χ3n) is 7.34. The largest absolute Gasteiger partial charge is 0.493 e. The fourth-order valence-corrected chi connectivity index (χ4v) is 5.28. The van der Waals surface area contributed by atoms with E-state index in [2.05, 4.69) is 15.6 Å². The lowest BCUT2D eigenvalue weighted by Crippen LogP contribution is -2.47. The van der Waals surface area contributed by atoms with Gasteiger partial charge in [0.15, 0.2) is 11.5 Å². The van der Waals surface area contributed by atoms with Crippen LogP contribution in [-0.2, 0) is 16.1 Å². The molecule has 3 aromatic carbocycles. The van der Waals surface area contributed by atoms with E-state index in [0.29, 0.717) is 33.7 Å². The lowest BCUT2D eigenvalue weighted by Gasteiger charge is -2.33. The van der Waals surface area contributed by atoms with Crippen molar-refractivity contribution in [3.05, 3.63) is 77.6 Å². The van der Waals surface area contributed by atoms with Gasteiger partial charge in [-0.2, -0.15) is 0 Å². The molecule has 5 rings (SSSR count). The Bertz CT molecular complexity index is 1530. The number of benzene rings is 3. The van der Waals surface area contributed by atoms with Crippen molar-refractivity contribution in [1.82, 2.24) is 20.3 Å². The van der Waals surface area contributed by atoms with Gasteiger partial charge >= 0.3 is 0 Å². The number of fused-ring (bicyclic) bond motifs is 1. The van der Waals surface area contributed by atoms with E-state index in [1.807, 2.05) is 18.2 Å². The lowest BCUT2D eigenvalue weighted by molar-refractivity contribution is -0.127. The topological polar surface area (TPSA) is 98.6 Å². The number of para-hydroxylation sites is 2. The molecule has 1 heterocycles. The van der Waals surface area contributed by atoms with Crippen molar-refractivity contribution in [3.63, 3.8) is 0 Å². The van der Waals surface area contributed by atoms with E-state index in [4.69, 9.17) is 9.47 Å². The van der Waals surface area contributed by atoms with Crippen LogP contribution in [-0.4, -0.2) is 47.1 Å². The third kappa shape index (κ3) is 5.34. The summed E-state index contributed by atoms with van der Waals surface area (Å²) in [5.41, 5.74) is 2.36. The summed E-state index contributed by atoms with van der Waals surface area (Å²) < 4.78 is 27.6. The first-order valence-electron chi connectivity index (χ1n) is 13.3. The van der Waals surface area contributed by atoms with Crippen LogP contribution in [0.15, 0.2) is 60.7 Å². The summed E-state index contributed by atoms with van der Waals surface area (Å²) in [5, 5.41) is 11.4. The summed E-state index contributed by atoms with van der Waals surface area (Å²) in [6.45, 7) is 1.41. The molecule has 0 radical (unpaired) electrons. The van der Waals surface area contributed by atoms with Gasteiger partial charge in [0.1, 0.15) is 23.9 Å². The SMILES string of the molecule is COc1cccc([C@@H](C(=O)NC2CCCC2)N(C(=O)Cn2nnc3ccccc32)c2ccc(C)c(F)c2)c1OC. The number of ether oxygens (including phenoxy) is 2. The summed E-state index contributed by atoms with van der Waals surface area (Å²) in [6, 6.07) is 15.7. The Labute approximate surface area is 231 Å². The highest BCUT2D eigenvalue weighted by atomic mass is 19.1. The molecule has 2 amide bonds. The molecule has 9 nitrogen and oxygen atoms in total. The summed E-state index contributed by atoms with van der Waals surface area (Å²) in [4.78, 5) is 29.7. The van der Waals surface area contributed by atoms with Crippen LogP contribution in [0.3, 0.4) is 0 Å². The van der Waals surface area contributed by atoms with Crippen LogP contribution in [0.5, 0.6) is 11.5 Å². The molecule has 1 atom stereocenters. The minimum atomic E-state index is -1.19. The lowest BCUT2D eigenvalue weighted by atomic mass is 10.00. The van der Waals surface area contributed by atoms with Crippen LogP contribution in [0.2, 0.25) is 0 Å². The van der Waals surface area contributed by atoms with Crippen molar-refractivity contribution in [2.75, 3.05) is 19.1 Å². The second-order valence-electron chi connectivity index (χ2n) is 9.91. The maximum Gasteiger partial charge on any atom is 0.249 e. The zero-order valence-electron chi connectivity index (χ0n) is 22.8. The van der Waals surface area contributed by atoms with E-state index in [1.54, 1.807) is 43.3 Å². The summed E-state index contributed by atoms with van der Waals surface area (Å²) in [7, 11) is 2.98. The standard InChI is InChI=1S/C30H32FN5O4/c1-19-15-16-21(17-23(19)31)36(27(37)18-35-25-13-7-6-12-24(25)33-34-35)28(30(38)32-20-9-4-5-10-20)22-11-8-14-26(39-2)29(22)40-3/h6-8,11-17,20,28H,4-5,9-10,18H2,1-3H3,(H,32,38)/t28-/m0/s1. The molecule has 0 spiro atoms. The van der Waals surface area contributed by atoms with Crippen LogP contribution < -0.4 is 19.7 Å². The number of anilines is 1. The first kappa shape index (κ1) is 27.1. The average Bonchev–Trinajstić information content (AvgIpc) is 3.62. The van der Waals surface area contributed by atoms with Gasteiger partial charge in [0, 0.05) is 17.3 Å². The number of hydrogen-bond acceptors (Lipinski definition) is 6. The van der Waals surface area contributed by atoms with Gasteiger partial charge in [-0.25, -0.2) is 9.07 Å². The van der Waals surface area contributed by atoms with E-state index in [1.165, 1.54) is 29.9 Å². The van der Waals surface area contributed by atoms with Gasteiger partial charge in [-0.3, -0.25) is 14.5 Å². The molecule has 1 fully saturated rings. The number of carbonyl (C=O) groups is 2. The van der Waals surface area contributed by atoms with Crippen molar-refractivity contribution in [3.8, 4) is 11.5 Å². The maximum atomic E-state index is 14.9. The van der Waals surface area contributed by atoms with Crippen LogP contribution >= 0.6 is 0 Å². The molecule has 0 aliphatic heterocycles. The summed E-state index contributed by atoms with van der Waals surface area (Å²) in [5.74, 6) is -0.641. The zero-order valence-corrected chi connectivity index (χ0v) is 22.8. The van der Waals surface area contributed by atoms with Crippen LogP contribution in [0.25, 0.3) is 11.0 Å². The minimum absolute atomic E-state index is 0.0161. The highest BCUT2D eigenvalue weighted by molar-refractivity contribution is 6.02. The number of aromatic nitrogens is 3. The molecule has 1 aliphatic carbocycles. The normalized spacial score (nSPS) is 14.2. The Balaban J connectivity index is 1.65. The fraction of sp³-hybridized carbons (Fsp3) is 0.333. The summed E-state index contributed by atoms with van der Waals surface area (Å²) in [6.07, 6.45) is 3.74. The van der Waals surface area contributed by atoms with E-state index < -0.39 is 23.7 Å². The van der Waals surface area contributed by atoms with Gasteiger partial charge in [0.05, 0.1) is 19.7 Å². The first-order valence-corrected chi connectivity index (χ1v) is 13.3. The molecule has 10 heteroatoms. The van der Waals surface area contributed by atoms with Gasteiger partial charge in [-0.15, -0.1) is 5.10 Å². The molecule has 1 aliphatic rings. The molecule has 1 aromatic heterocycles. The molecule has 0 bridgehead atoms. The fourth-order valence-electron chi connectivity index (χ4n) is 5.28. The van der Waals surface area contributed by atoms with Crippen LogP contribution in [0.1, 0.15) is 42.9 Å². The Hall–Kier alpha value is -4.47.